The standard InChI is InChI=1S/C42H32O4P2/c1-5-15-29(16-6-1)47(30-17-7-2-8-18-30)35-27-25-33-41-39(35)40-36(48(31-19-9-3-10-20-31)32-21-11-4-12-22-32)28-26-34-42(40)46-38(44-34)24-14-13-23-37(43-33)45-41/h1-22,25-28,37-38H,23-24H2/b14-13-. The molecule has 6 aromatic carbocycles. The van der Waals surface area contributed by atoms with Crippen molar-refractivity contribution in [2.24, 2.45) is 0 Å². The number of rotatable bonds is 6. The average molecular weight is 663 g/mol. The zero-order chi connectivity index (χ0) is 31.9. The minimum Gasteiger partial charge on any atom is -0.451 e. The molecule has 0 aliphatic carbocycles. The van der Waals surface area contributed by atoms with Crippen LogP contribution in [-0.2, 0) is 0 Å². The molecule has 0 radical (unpaired) electrons. The van der Waals surface area contributed by atoms with Crippen LogP contribution in [0.3, 0.4) is 0 Å². The van der Waals surface area contributed by atoms with Crippen LogP contribution in [0.2, 0.25) is 0 Å². The summed E-state index contributed by atoms with van der Waals surface area (Å²) in [6.07, 6.45) is 4.63. The molecule has 2 unspecified atom stereocenters. The number of hydrogen-bond donors (Lipinski definition) is 0. The van der Waals surface area contributed by atoms with Crippen LogP contribution in [0.1, 0.15) is 12.8 Å². The van der Waals surface area contributed by atoms with Gasteiger partial charge >= 0.3 is 0 Å². The van der Waals surface area contributed by atoms with E-state index >= 15 is 0 Å². The Morgan fingerprint density at radius 2 is 0.708 bits per heavy atom. The van der Waals surface area contributed by atoms with Gasteiger partial charge in [0, 0.05) is 24.0 Å². The van der Waals surface area contributed by atoms with Crippen molar-refractivity contribution in [3.05, 3.63) is 158 Å². The maximum absolute atomic E-state index is 6.83. The largest absolute Gasteiger partial charge is 0.451 e. The minimum atomic E-state index is -1.00. The number of fused-ring (bicyclic) bond motifs is 3. The summed E-state index contributed by atoms with van der Waals surface area (Å²) in [5.74, 6) is 3.04. The van der Waals surface area contributed by atoms with Crippen LogP contribution in [0.25, 0.3) is 11.1 Å². The van der Waals surface area contributed by atoms with E-state index in [9.17, 15) is 0 Å². The van der Waals surface area contributed by atoms with E-state index in [0.29, 0.717) is 12.8 Å². The molecule has 4 nitrogen and oxygen atoms in total. The monoisotopic (exact) mass is 662 g/mol. The second kappa shape index (κ2) is 12.6. The number of benzene rings is 6. The van der Waals surface area contributed by atoms with Crippen LogP contribution in [0.15, 0.2) is 158 Å². The molecule has 0 aromatic heterocycles. The molecule has 6 heteroatoms. The molecule has 3 aliphatic rings. The Balaban J connectivity index is 1.39. The molecule has 9 rings (SSSR count). The summed E-state index contributed by atoms with van der Waals surface area (Å²) >= 11 is 0. The van der Waals surface area contributed by atoms with Crippen LogP contribution < -0.4 is 50.8 Å². The molecule has 6 aromatic rings. The molecule has 3 aliphatic heterocycles. The molecule has 2 atom stereocenters. The van der Waals surface area contributed by atoms with E-state index in [1.54, 1.807) is 0 Å². The van der Waals surface area contributed by atoms with E-state index < -0.39 is 28.4 Å². The van der Waals surface area contributed by atoms with E-state index in [0.717, 1.165) is 34.1 Å². The van der Waals surface area contributed by atoms with Crippen molar-refractivity contribution >= 4 is 47.7 Å². The second-order valence-corrected chi connectivity index (χ2v) is 16.2. The van der Waals surface area contributed by atoms with Crippen molar-refractivity contribution in [3.63, 3.8) is 0 Å². The zero-order valence-electron chi connectivity index (χ0n) is 26.1. The second-order valence-electron chi connectivity index (χ2n) is 11.9. The lowest BCUT2D eigenvalue weighted by Crippen LogP contribution is -2.26. The number of ether oxygens (including phenoxy) is 4. The highest BCUT2D eigenvalue weighted by atomic mass is 31.1. The molecule has 0 N–H and O–H groups in total. The summed E-state index contributed by atoms with van der Waals surface area (Å²) in [6.45, 7) is 0. The maximum atomic E-state index is 6.83. The highest BCUT2D eigenvalue weighted by Crippen LogP contribution is 2.55. The minimum absolute atomic E-state index is 0.412. The van der Waals surface area contributed by atoms with E-state index in [4.69, 9.17) is 18.9 Å². The van der Waals surface area contributed by atoms with Gasteiger partial charge in [0.15, 0.2) is 23.0 Å². The highest BCUT2D eigenvalue weighted by Gasteiger charge is 2.38. The van der Waals surface area contributed by atoms with Crippen molar-refractivity contribution in [2.75, 3.05) is 0 Å². The van der Waals surface area contributed by atoms with Crippen LogP contribution in [-0.4, -0.2) is 12.6 Å². The molecule has 4 bridgehead atoms. The molecular weight excluding hydrogens is 630 g/mol. The predicted octanol–water partition coefficient (Wildman–Crippen LogP) is 7.41. The van der Waals surface area contributed by atoms with E-state index in [1.807, 2.05) is 0 Å². The fourth-order valence-corrected chi connectivity index (χ4v) is 11.7. The third kappa shape index (κ3) is 5.27. The first-order valence-electron chi connectivity index (χ1n) is 16.3. The smallest absolute Gasteiger partial charge is 0.244 e. The van der Waals surface area contributed by atoms with Gasteiger partial charge in [-0.15, -0.1) is 0 Å². The highest BCUT2D eigenvalue weighted by molar-refractivity contribution is 7.80. The van der Waals surface area contributed by atoms with Gasteiger partial charge in [-0.05, 0) is 71.9 Å². The van der Waals surface area contributed by atoms with Gasteiger partial charge in [0.1, 0.15) is 0 Å². The molecule has 0 amide bonds. The first-order chi connectivity index (χ1) is 23.8. The van der Waals surface area contributed by atoms with E-state index in [-0.39, 0.29) is 0 Å². The lowest BCUT2D eigenvalue weighted by Gasteiger charge is -2.27. The lowest BCUT2D eigenvalue weighted by molar-refractivity contribution is 0.0483. The van der Waals surface area contributed by atoms with Gasteiger partial charge in [0.25, 0.3) is 0 Å². The average Bonchev–Trinajstić information content (AvgIpc) is 3.76. The van der Waals surface area contributed by atoms with Gasteiger partial charge in [0.2, 0.25) is 12.6 Å². The van der Waals surface area contributed by atoms with E-state index in [1.165, 1.54) is 31.8 Å². The summed E-state index contributed by atoms with van der Waals surface area (Å²) in [5.41, 5.74) is 2.04. The quantitative estimate of drug-likeness (QED) is 0.138. The number of hydrogen-bond acceptors (Lipinski definition) is 4. The molecule has 0 spiro atoms. The van der Waals surface area contributed by atoms with E-state index in [2.05, 4.69) is 158 Å². The molecule has 3 heterocycles. The van der Waals surface area contributed by atoms with Crippen molar-refractivity contribution in [1.82, 2.24) is 0 Å². The van der Waals surface area contributed by atoms with Crippen molar-refractivity contribution < 1.29 is 18.9 Å². The van der Waals surface area contributed by atoms with Crippen LogP contribution >= 0.6 is 15.8 Å². The first kappa shape index (κ1) is 29.3. The molecule has 0 saturated carbocycles. The molecule has 0 saturated heterocycles. The van der Waals surface area contributed by atoms with Gasteiger partial charge in [-0.2, -0.15) is 0 Å². The fourth-order valence-electron chi connectivity index (χ4n) is 6.75. The summed E-state index contributed by atoms with van der Waals surface area (Å²) in [6, 6.07) is 52.0. The Bertz CT molecular complexity index is 1870. The fraction of sp³-hybridized carbons (Fsp3) is 0.0952. The normalized spacial score (nSPS) is 17.8. The van der Waals surface area contributed by atoms with Crippen LogP contribution in [0.4, 0.5) is 0 Å². The zero-order valence-corrected chi connectivity index (χ0v) is 27.9. The predicted molar refractivity (Wildman–Crippen MR) is 198 cm³/mol. The SMILES string of the molecule is C1=C\CC2Oc3ccc(P(c4ccccc4)c4ccccc4)c(c3O2)-c2c(P(c3ccccc3)c3ccccc3)ccc3c2OC(C/1)O3. The van der Waals surface area contributed by atoms with Crippen LogP contribution in [0.5, 0.6) is 23.0 Å². The van der Waals surface area contributed by atoms with Crippen LogP contribution in [0, 0.1) is 0 Å². The third-order valence-electron chi connectivity index (χ3n) is 8.83. The Morgan fingerprint density at radius 1 is 0.375 bits per heavy atom. The first-order valence-corrected chi connectivity index (χ1v) is 19.0. The van der Waals surface area contributed by atoms with Gasteiger partial charge < -0.3 is 18.9 Å². The Morgan fingerprint density at radius 3 is 1.04 bits per heavy atom. The molecule has 0 fully saturated rings. The molecular formula is C42H32O4P2. The Hall–Kier alpha value is -4.88. The Kier molecular flexibility index (Phi) is 7.70. The third-order valence-corrected chi connectivity index (χ3v) is 13.8. The topological polar surface area (TPSA) is 36.9 Å². The van der Waals surface area contributed by atoms with Crippen molar-refractivity contribution in [1.29, 1.82) is 0 Å². The Labute approximate surface area is 283 Å². The van der Waals surface area contributed by atoms with Gasteiger partial charge in [-0.25, -0.2) is 0 Å². The summed E-state index contributed by atoms with van der Waals surface area (Å²) in [4.78, 5) is 0. The maximum Gasteiger partial charge on any atom is 0.244 e. The summed E-state index contributed by atoms with van der Waals surface area (Å²) in [7, 11) is -2.00. The lowest BCUT2D eigenvalue weighted by atomic mass is 10.0. The van der Waals surface area contributed by atoms with Crippen molar-refractivity contribution in [3.8, 4) is 34.1 Å². The summed E-state index contributed by atoms with van der Waals surface area (Å²) in [5, 5.41) is 7.43. The van der Waals surface area contributed by atoms with Gasteiger partial charge in [-0.3, -0.25) is 0 Å². The van der Waals surface area contributed by atoms with Crippen molar-refractivity contribution in [2.45, 2.75) is 25.4 Å². The van der Waals surface area contributed by atoms with Gasteiger partial charge in [-0.1, -0.05) is 133 Å². The molecule has 234 valence electrons. The summed E-state index contributed by atoms with van der Waals surface area (Å²) < 4.78 is 26.7. The molecule has 48 heavy (non-hydrogen) atoms. The van der Waals surface area contributed by atoms with Gasteiger partial charge in [0.05, 0.1) is 0 Å².